The second-order valence-electron chi connectivity index (χ2n) is 5.14. The first-order chi connectivity index (χ1) is 9.81. The molecular formula is C15H19N3OS. The van der Waals surface area contributed by atoms with Gasteiger partial charge in [-0.15, -0.1) is 11.8 Å². The van der Waals surface area contributed by atoms with Crippen LogP contribution in [0, 0.1) is 6.92 Å². The highest BCUT2D eigenvalue weighted by molar-refractivity contribution is 7.98. The summed E-state index contributed by atoms with van der Waals surface area (Å²) < 4.78 is 5.27. The largest absolute Gasteiger partial charge is 0.339 e. The minimum absolute atomic E-state index is 0.731. The third-order valence-corrected chi connectivity index (χ3v) is 4.48. The topological polar surface area (TPSA) is 51.0 Å². The van der Waals surface area contributed by atoms with Crippen LogP contribution in [0.3, 0.4) is 0 Å². The minimum Gasteiger partial charge on any atom is -0.339 e. The van der Waals surface area contributed by atoms with Gasteiger partial charge >= 0.3 is 0 Å². The van der Waals surface area contributed by atoms with Crippen LogP contribution >= 0.6 is 11.8 Å². The number of hydrogen-bond donors (Lipinski definition) is 1. The maximum Gasteiger partial charge on any atom is 0.227 e. The van der Waals surface area contributed by atoms with Gasteiger partial charge in [-0.2, -0.15) is 4.98 Å². The van der Waals surface area contributed by atoms with Crippen LogP contribution in [0.25, 0.3) is 0 Å². The number of nitrogens with one attached hydrogen (secondary N) is 1. The number of rotatable bonds is 7. The molecule has 1 aliphatic rings. The molecular weight excluding hydrogens is 270 g/mol. The van der Waals surface area contributed by atoms with Crippen molar-refractivity contribution in [1.29, 1.82) is 0 Å². The number of aryl methyl sites for hydroxylation is 1. The molecule has 1 aliphatic carbocycles. The third-order valence-electron chi connectivity index (χ3n) is 3.31. The Balaban J connectivity index is 1.48. The lowest BCUT2D eigenvalue weighted by Gasteiger charge is -2.01. The second kappa shape index (κ2) is 6.41. The van der Waals surface area contributed by atoms with Gasteiger partial charge in [0, 0.05) is 23.9 Å². The molecule has 2 aromatic rings. The average Bonchev–Trinajstić information content (AvgIpc) is 3.16. The van der Waals surface area contributed by atoms with Gasteiger partial charge in [-0.3, -0.25) is 0 Å². The molecule has 3 rings (SSSR count). The predicted octanol–water partition coefficient (Wildman–Crippen LogP) is 2.96. The van der Waals surface area contributed by atoms with Crippen molar-refractivity contribution in [2.24, 2.45) is 0 Å². The molecule has 1 aromatic carbocycles. The Hall–Kier alpha value is -1.33. The molecule has 0 unspecified atom stereocenters. The first kappa shape index (κ1) is 13.6. The summed E-state index contributed by atoms with van der Waals surface area (Å²) in [7, 11) is 0. The molecule has 1 fully saturated rings. The Labute approximate surface area is 123 Å². The normalized spacial score (nSPS) is 14.7. The number of thioether (sulfide) groups is 1. The van der Waals surface area contributed by atoms with Gasteiger partial charge in [0.15, 0.2) is 5.82 Å². The van der Waals surface area contributed by atoms with E-state index in [0.717, 1.165) is 36.5 Å². The molecule has 1 saturated carbocycles. The minimum atomic E-state index is 0.731. The van der Waals surface area contributed by atoms with Crippen molar-refractivity contribution in [2.75, 3.05) is 6.54 Å². The Morgan fingerprint density at radius 3 is 3.00 bits per heavy atom. The summed E-state index contributed by atoms with van der Waals surface area (Å²) in [6, 6.07) is 9.09. The van der Waals surface area contributed by atoms with E-state index in [2.05, 4.69) is 46.6 Å². The fraction of sp³-hybridized carbons (Fsp3) is 0.467. The van der Waals surface area contributed by atoms with Gasteiger partial charge < -0.3 is 9.84 Å². The Morgan fingerprint density at radius 1 is 1.35 bits per heavy atom. The van der Waals surface area contributed by atoms with Gasteiger partial charge in [0.2, 0.25) is 5.89 Å². The van der Waals surface area contributed by atoms with E-state index in [-0.39, 0.29) is 0 Å². The van der Waals surface area contributed by atoms with Crippen molar-refractivity contribution in [1.82, 2.24) is 15.5 Å². The molecule has 0 atom stereocenters. The molecule has 0 bridgehead atoms. The Kier molecular flexibility index (Phi) is 4.38. The lowest BCUT2D eigenvalue weighted by atomic mass is 10.2. The quantitative estimate of drug-likeness (QED) is 0.794. The fourth-order valence-corrected chi connectivity index (χ4v) is 2.85. The van der Waals surface area contributed by atoms with Crippen molar-refractivity contribution >= 4 is 11.8 Å². The van der Waals surface area contributed by atoms with E-state index in [0.29, 0.717) is 0 Å². The van der Waals surface area contributed by atoms with Crippen LogP contribution in [0.2, 0.25) is 0 Å². The standard InChI is InChI=1S/C15H19N3OS/c1-11-4-2-3-5-13(11)20-10-14-17-15(19-18-14)8-9-16-12-6-7-12/h2-5,12,16H,6-10H2,1H3. The Bertz CT molecular complexity index is 566. The highest BCUT2D eigenvalue weighted by atomic mass is 32.2. The molecule has 0 spiro atoms. The summed E-state index contributed by atoms with van der Waals surface area (Å²) >= 11 is 1.75. The predicted molar refractivity (Wildman–Crippen MR) is 79.8 cm³/mol. The lowest BCUT2D eigenvalue weighted by molar-refractivity contribution is 0.372. The van der Waals surface area contributed by atoms with Crippen LogP contribution in [0.1, 0.15) is 30.1 Å². The van der Waals surface area contributed by atoms with Gasteiger partial charge in [-0.05, 0) is 31.4 Å². The Morgan fingerprint density at radius 2 is 2.20 bits per heavy atom. The van der Waals surface area contributed by atoms with E-state index in [4.69, 9.17) is 4.52 Å². The molecule has 0 saturated heterocycles. The van der Waals surface area contributed by atoms with Crippen LogP contribution in [0.15, 0.2) is 33.7 Å². The highest BCUT2D eigenvalue weighted by Gasteiger charge is 2.20. The van der Waals surface area contributed by atoms with Gasteiger partial charge in [0.25, 0.3) is 0 Å². The maximum atomic E-state index is 5.27. The number of nitrogens with zero attached hydrogens (tertiary/aromatic N) is 2. The molecule has 1 aromatic heterocycles. The van der Waals surface area contributed by atoms with Crippen molar-refractivity contribution in [3.63, 3.8) is 0 Å². The summed E-state index contributed by atoms with van der Waals surface area (Å²) in [6.45, 7) is 3.05. The van der Waals surface area contributed by atoms with E-state index in [9.17, 15) is 0 Å². The van der Waals surface area contributed by atoms with Crippen LogP contribution < -0.4 is 5.32 Å². The summed E-state index contributed by atoms with van der Waals surface area (Å²) in [5, 5.41) is 7.49. The SMILES string of the molecule is Cc1ccccc1SCc1noc(CCNC2CC2)n1. The van der Waals surface area contributed by atoms with Gasteiger partial charge in [0.05, 0.1) is 5.75 Å². The van der Waals surface area contributed by atoms with Crippen LogP contribution in [-0.2, 0) is 12.2 Å². The van der Waals surface area contributed by atoms with Crippen molar-refractivity contribution in [3.05, 3.63) is 41.5 Å². The number of hydrogen-bond acceptors (Lipinski definition) is 5. The van der Waals surface area contributed by atoms with E-state index in [1.807, 2.05) is 0 Å². The fourth-order valence-electron chi connectivity index (χ4n) is 1.98. The van der Waals surface area contributed by atoms with Crippen molar-refractivity contribution in [2.45, 2.75) is 42.9 Å². The van der Waals surface area contributed by atoms with Crippen molar-refractivity contribution in [3.8, 4) is 0 Å². The third kappa shape index (κ3) is 3.84. The molecule has 4 nitrogen and oxygen atoms in total. The zero-order valence-corrected chi connectivity index (χ0v) is 12.4. The van der Waals surface area contributed by atoms with Crippen LogP contribution in [0.4, 0.5) is 0 Å². The van der Waals surface area contributed by atoms with E-state index in [1.54, 1.807) is 11.8 Å². The summed E-state index contributed by atoms with van der Waals surface area (Å²) in [4.78, 5) is 5.71. The van der Waals surface area contributed by atoms with E-state index in [1.165, 1.54) is 23.3 Å². The summed E-state index contributed by atoms with van der Waals surface area (Å²) in [5.74, 6) is 2.27. The van der Waals surface area contributed by atoms with Gasteiger partial charge in [0.1, 0.15) is 0 Å². The molecule has 0 radical (unpaired) electrons. The molecule has 5 heteroatoms. The molecule has 106 valence electrons. The van der Waals surface area contributed by atoms with Crippen LogP contribution in [-0.4, -0.2) is 22.7 Å². The number of aromatic nitrogens is 2. The average molecular weight is 289 g/mol. The molecule has 0 amide bonds. The van der Waals surface area contributed by atoms with Crippen molar-refractivity contribution < 1.29 is 4.52 Å². The zero-order valence-electron chi connectivity index (χ0n) is 11.6. The summed E-state index contributed by atoms with van der Waals surface area (Å²) in [5.41, 5.74) is 1.29. The first-order valence-corrected chi connectivity index (χ1v) is 8.03. The smallest absolute Gasteiger partial charge is 0.227 e. The van der Waals surface area contributed by atoms with E-state index >= 15 is 0 Å². The van der Waals surface area contributed by atoms with Gasteiger partial charge in [-0.25, -0.2) is 0 Å². The zero-order chi connectivity index (χ0) is 13.8. The molecule has 20 heavy (non-hydrogen) atoms. The van der Waals surface area contributed by atoms with E-state index < -0.39 is 0 Å². The summed E-state index contributed by atoms with van der Waals surface area (Å²) in [6.07, 6.45) is 3.43. The maximum absolute atomic E-state index is 5.27. The van der Waals surface area contributed by atoms with Gasteiger partial charge in [-0.1, -0.05) is 23.4 Å². The second-order valence-corrected chi connectivity index (χ2v) is 6.15. The lowest BCUT2D eigenvalue weighted by Crippen LogP contribution is -2.19. The molecule has 1 heterocycles. The van der Waals surface area contributed by atoms with Crippen LogP contribution in [0.5, 0.6) is 0 Å². The molecule has 0 aliphatic heterocycles. The molecule has 1 N–H and O–H groups in total. The highest BCUT2D eigenvalue weighted by Crippen LogP contribution is 2.24. The monoisotopic (exact) mass is 289 g/mol. The first-order valence-electron chi connectivity index (χ1n) is 7.04. The number of benzene rings is 1.